The summed E-state index contributed by atoms with van der Waals surface area (Å²) in [6.45, 7) is 3.96. The van der Waals surface area contributed by atoms with E-state index in [1.807, 2.05) is 24.4 Å². The highest BCUT2D eigenvalue weighted by molar-refractivity contribution is 6.30. The Balaban J connectivity index is 1.45. The lowest BCUT2D eigenvalue weighted by Crippen LogP contribution is -2.33. The summed E-state index contributed by atoms with van der Waals surface area (Å²) < 4.78 is 0. The number of hydrogen-bond acceptors (Lipinski definition) is 4. The van der Waals surface area contributed by atoms with Crippen LogP contribution in [0.1, 0.15) is 47.9 Å². The van der Waals surface area contributed by atoms with Gasteiger partial charge in [0.1, 0.15) is 5.82 Å². The molecule has 0 bridgehead atoms. The molecule has 24 heavy (non-hydrogen) atoms. The predicted molar refractivity (Wildman–Crippen MR) is 95.9 cm³/mol. The van der Waals surface area contributed by atoms with Gasteiger partial charge in [-0.15, -0.1) is 0 Å². The lowest BCUT2D eigenvalue weighted by molar-refractivity contribution is 0.242. The van der Waals surface area contributed by atoms with Crippen molar-refractivity contribution in [2.24, 2.45) is 0 Å². The zero-order valence-corrected chi connectivity index (χ0v) is 14.6. The Morgan fingerprint density at radius 2 is 2.25 bits per heavy atom. The number of piperidine rings is 1. The standard InChI is InChI=1S/C19H23ClN4/c20-16-5-3-4-14(10-16)12-24-9-7-17-15(13-24)11-22-19(23-17)18-6-1-2-8-21-18/h3-5,10-11,18,21H,1-2,6-9,12-13H2. The summed E-state index contributed by atoms with van der Waals surface area (Å²) in [6.07, 6.45) is 6.72. The van der Waals surface area contributed by atoms with Gasteiger partial charge in [0.15, 0.2) is 0 Å². The van der Waals surface area contributed by atoms with Crippen LogP contribution in [-0.4, -0.2) is 28.0 Å². The molecule has 1 unspecified atom stereocenters. The van der Waals surface area contributed by atoms with Gasteiger partial charge in [-0.3, -0.25) is 4.90 Å². The van der Waals surface area contributed by atoms with Crippen molar-refractivity contribution in [2.75, 3.05) is 13.1 Å². The molecule has 2 aromatic rings. The molecule has 1 saturated heterocycles. The Morgan fingerprint density at radius 1 is 1.29 bits per heavy atom. The van der Waals surface area contributed by atoms with Gasteiger partial charge in [0.2, 0.25) is 0 Å². The third-order valence-electron chi connectivity index (χ3n) is 4.95. The normalized spacial score (nSPS) is 21.5. The van der Waals surface area contributed by atoms with E-state index in [1.165, 1.54) is 29.7 Å². The number of benzene rings is 1. The molecule has 4 rings (SSSR count). The Hall–Kier alpha value is -1.49. The molecule has 3 heterocycles. The molecule has 1 atom stereocenters. The second-order valence-corrected chi connectivity index (χ2v) is 7.23. The number of nitrogens with zero attached hydrogens (tertiary/aromatic N) is 3. The Kier molecular flexibility index (Phi) is 4.79. The van der Waals surface area contributed by atoms with Gasteiger partial charge in [-0.25, -0.2) is 9.97 Å². The molecule has 0 radical (unpaired) electrons. The molecule has 0 amide bonds. The van der Waals surface area contributed by atoms with Crippen LogP contribution in [0.3, 0.4) is 0 Å². The van der Waals surface area contributed by atoms with Crippen molar-refractivity contribution in [2.45, 2.75) is 44.8 Å². The van der Waals surface area contributed by atoms with E-state index in [0.29, 0.717) is 6.04 Å². The highest BCUT2D eigenvalue weighted by Crippen LogP contribution is 2.24. The molecular weight excluding hydrogens is 320 g/mol. The van der Waals surface area contributed by atoms with Crippen molar-refractivity contribution < 1.29 is 0 Å². The zero-order valence-electron chi connectivity index (χ0n) is 13.8. The number of aromatic nitrogens is 2. The Morgan fingerprint density at radius 3 is 3.08 bits per heavy atom. The minimum absolute atomic E-state index is 0.341. The fraction of sp³-hybridized carbons (Fsp3) is 0.474. The van der Waals surface area contributed by atoms with Crippen LogP contribution >= 0.6 is 11.6 Å². The molecule has 1 aromatic carbocycles. The molecule has 0 spiro atoms. The maximum Gasteiger partial charge on any atom is 0.145 e. The van der Waals surface area contributed by atoms with Gasteiger partial charge < -0.3 is 5.32 Å². The molecule has 5 heteroatoms. The van der Waals surface area contributed by atoms with E-state index in [1.54, 1.807) is 0 Å². The first-order chi connectivity index (χ1) is 11.8. The molecule has 2 aliphatic heterocycles. The average molecular weight is 343 g/mol. The van der Waals surface area contributed by atoms with Crippen LogP contribution in [-0.2, 0) is 19.5 Å². The van der Waals surface area contributed by atoms with Crippen LogP contribution in [0.4, 0.5) is 0 Å². The van der Waals surface area contributed by atoms with E-state index < -0.39 is 0 Å². The number of halogens is 1. The smallest absolute Gasteiger partial charge is 0.145 e. The maximum atomic E-state index is 6.09. The molecule has 2 aliphatic rings. The van der Waals surface area contributed by atoms with Crippen LogP contribution in [0, 0.1) is 0 Å². The summed E-state index contributed by atoms with van der Waals surface area (Å²) in [5.41, 5.74) is 3.76. The SMILES string of the molecule is Clc1cccc(CN2CCc3nc(C4CCCCN4)ncc3C2)c1. The monoisotopic (exact) mass is 342 g/mol. The zero-order chi connectivity index (χ0) is 16.4. The van der Waals surface area contributed by atoms with E-state index in [4.69, 9.17) is 16.6 Å². The minimum atomic E-state index is 0.341. The molecule has 126 valence electrons. The van der Waals surface area contributed by atoms with Crippen LogP contribution in [0.2, 0.25) is 5.02 Å². The van der Waals surface area contributed by atoms with Gasteiger partial charge >= 0.3 is 0 Å². The van der Waals surface area contributed by atoms with Gasteiger partial charge in [0.25, 0.3) is 0 Å². The van der Waals surface area contributed by atoms with Crippen LogP contribution < -0.4 is 5.32 Å². The Bertz CT molecular complexity index is 712. The highest BCUT2D eigenvalue weighted by Gasteiger charge is 2.22. The minimum Gasteiger partial charge on any atom is -0.307 e. The number of fused-ring (bicyclic) bond motifs is 1. The fourth-order valence-electron chi connectivity index (χ4n) is 3.66. The predicted octanol–water partition coefficient (Wildman–Crippen LogP) is 3.50. The van der Waals surface area contributed by atoms with E-state index in [-0.39, 0.29) is 0 Å². The molecule has 1 N–H and O–H groups in total. The first-order valence-corrected chi connectivity index (χ1v) is 9.20. The third kappa shape index (κ3) is 3.61. The van der Waals surface area contributed by atoms with Crippen molar-refractivity contribution in [1.29, 1.82) is 0 Å². The summed E-state index contributed by atoms with van der Waals surface area (Å²) in [5.74, 6) is 0.983. The van der Waals surface area contributed by atoms with Crippen molar-refractivity contribution in [1.82, 2.24) is 20.2 Å². The molecule has 1 aromatic heterocycles. The van der Waals surface area contributed by atoms with Gasteiger partial charge in [-0.05, 0) is 37.1 Å². The lowest BCUT2D eigenvalue weighted by Gasteiger charge is -2.29. The van der Waals surface area contributed by atoms with Crippen molar-refractivity contribution in [3.8, 4) is 0 Å². The van der Waals surface area contributed by atoms with E-state index >= 15 is 0 Å². The summed E-state index contributed by atoms with van der Waals surface area (Å²) in [7, 11) is 0. The summed E-state index contributed by atoms with van der Waals surface area (Å²) in [5, 5.41) is 4.34. The van der Waals surface area contributed by atoms with E-state index in [2.05, 4.69) is 21.3 Å². The number of rotatable bonds is 3. The van der Waals surface area contributed by atoms with Gasteiger partial charge in [-0.1, -0.05) is 30.2 Å². The molecule has 0 aliphatic carbocycles. The quantitative estimate of drug-likeness (QED) is 0.926. The molecule has 1 fully saturated rings. The average Bonchev–Trinajstić information content (AvgIpc) is 2.62. The van der Waals surface area contributed by atoms with Crippen LogP contribution in [0.15, 0.2) is 30.5 Å². The van der Waals surface area contributed by atoms with E-state index in [9.17, 15) is 0 Å². The third-order valence-corrected chi connectivity index (χ3v) is 5.18. The molecule has 0 saturated carbocycles. The largest absolute Gasteiger partial charge is 0.307 e. The first-order valence-electron chi connectivity index (χ1n) is 8.83. The number of hydrogen-bond donors (Lipinski definition) is 1. The summed E-state index contributed by atoms with van der Waals surface area (Å²) in [4.78, 5) is 12.0. The summed E-state index contributed by atoms with van der Waals surface area (Å²) >= 11 is 6.09. The van der Waals surface area contributed by atoms with E-state index in [0.717, 1.165) is 49.9 Å². The lowest BCUT2D eigenvalue weighted by atomic mass is 10.0. The van der Waals surface area contributed by atoms with Gasteiger partial charge in [0, 0.05) is 48.5 Å². The maximum absolute atomic E-state index is 6.09. The number of nitrogens with one attached hydrogen (secondary N) is 1. The van der Waals surface area contributed by atoms with Gasteiger partial charge in [-0.2, -0.15) is 0 Å². The fourth-order valence-corrected chi connectivity index (χ4v) is 3.87. The van der Waals surface area contributed by atoms with Crippen LogP contribution in [0.5, 0.6) is 0 Å². The molecule has 4 nitrogen and oxygen atoms in total. The van der Waals surface area contributed by atoms with Crippen molar-refractivity contribution >= 4 is 11.6 Å². The second kappa shape index (κ2) is 7.18. The molecular formula is C19H23ClN4. The first kappa shape index (κ1) is 16.0. The van der Waals surface area contributed by atoms with Gasteiger partial charge in [0.05, 0.1) is 6.04 Å². The topological polar surface area (TPSA) is 41.1 Å². The van der Waals surface area contributed by atoms with Crippen molar-refractivity contribution in [3.63, 3.8) is 0 Å². The van der Waals surface area contributed by atoms with Crippen LogP contribution in [0.25, 0.3) is 0 Å². The Labute approximate surface area is 148 Å². The van der Waals surface area contributed by atoms with Crippen molar-refractivity contribution in [3.05, 3.63) is 58.1 Å². The second-order valence-electron chi connectivity index (χ2n) is 6.79. The highest BCUT2D eigenvalue weighted by atomic mass is 35.5. The summed E-state index contributed by atoms with van der Waals surface area (Å²) in [6, 6.07) is 8.46.